The van der Waals surface area contributed by atoms with Gasteiger partial charge in [0.1, 0.15) is 12.4 Å². The van der Waals surface area contributed by atoms with E-state index in [0.29, 0.717) is 30.1 Å². The number of imidazole rings is 1. The van der Waals surface area contributed by atoms with Crippen LogP contribution in [0.25, 0.3) is 5.69 Å². The van der Waals surface area contributed by atoms with Gasteiger partial charge in [-0.2, -0.15) is 0 Å². The highest BCUT2D eigenvalue weighted by molar-refractivity contribution is 7.71. The Morgan fingerprint density at radius 2 is 1.29 bits per heavy atom. The summed E-state index contributed by atoms with van der Waals surface area (Å²) in [6, 6.07) is 38.0. The van der Waals surface area contributed by atoms with Gasteiger partial charge < -0.3 is 14.4 Å². The van der Waals surface area contributed by atoms with Crippen LogP contribution in [-0.4, -0.2) is 14.2 Å². The van der Waals surface area contributed by atoms with Crippen LogP contribution in [0.4, 0.5) is 0 Å². The number of aromatic hydroxyl groups is 1. The second kappa shape index (κ2) is 10.5. The number of rotatable bonds is 8. The van der Waals surface area contributed by atoms with Crippen molar-refractivity contribution in [3.8, 4) is 17.3 Å². The maximum absolute atomic E-state index is 11.4. The lowest BCUT2D eigenvalue weighted by Gasteiger charge is -2.10. The van der Waals surface area contributed by atoms with Crippen molar-refractivity contribution >= 4 is 12.2 Å². The molecule has 0 unspecified atom stereocenters. The van der Waals surface area contributed by atoms with E-state index >= 15 is 0 Å². The van der Waals surface area contributed by atoms with Gasteiger partial charge in [0.25, 0.3) is 0 Å². The Morgan fingerprint density at radius 1 is 0.686 bits per heavy atom. The molecule has 0 aliphatic rings. The number of hydrogen-bond acceptors (Lipinski definition) is 3. The van der Waals surface area contributed by atoms with Crippen molar-refractivity contribution in [3.63, 3.8) is 0 Å². The van der Waals surface area contributed by atoms with Crippen LogP contribution in [0.1, 0.15) is 22.4 Å². The van der Waals surface area contributed by atoms with E-state index in [0.717, 1.165) is 28.1 Å². The first-order chi connectivity index (χ1) is 17.2. The van der Waals surface area contributed by atoms with E-state index in [4.69, 9.17) is 17.0 Å². The zero-order chi connectivity index (χ0) is 24.0. The fraction of sp³-hybridized carbons (Fsp3) is 0.100. The molecule has 0 radical (unpaired) electrons. The molecular weight excluding hydrogens is 452 g/mol. The van der Waals surface area contributed by atoms with E-state index in [9.17, 15) is 5.11 Å². The predicted octanol–water partition coefficient (Wildman–Crippen LogP) is 6.93. The van der Waals surface area contributed by atoms with Gasteiger partial charge in [0.2, 0.25) is 5.88 Å². The first-order valence-electron chi connectivity index (χ1n) is 11.6. The molecule has 1 N–H and O–H groups in total. The Morgan fingerprint density at radius 3 is 1.94 bits per heavy atom. The van der Waals surface area contributed by atoms with Gasteiger partial charge in [0.05, 0.1) is 17.9 Å². The van der Waals surface area contributed by atoms with Crippen molar-refractivity contribution in [2.75, 3.05) is 0 Å². The second-order valence-corrected chi connectivity index (χ2v) is 8.76. The average molecular weight is 479 g/mol. The third-order valence-corrected chi connectivity index (χ3v) is 6.34. The minimum Gasteiger partial charge on any atom is -0.493 e. The lowest BCUT2D eigenvalue weighted by atomic mass is 10.1. The summed E-state index contributed by atoms with van der Waals surface area (Å²) in [5.41, 5.74) is 4.86. The molecule has 0 aliphatic heterocycles. The van der Waals surface area contributed by atoms with Crippen molar-refractivity contribution in [1.29, 1.82) is 0 Å². The number of hydrogen-bond donors (Lipinski definition) is 1. The Balaban J connectivity index is 1.52. The highest BCUT2D eigenvalue weighted by Gasteiger charge is 2.19. The molecule has 0 amide bonds. The maximum Gasteiger partial charge on any atom is 0.218 e. The minimum absolute atomic E-state index is 0.148. The van der Waals surface area contributed by atoms with E-state index in [1.807, 2.05) is 95.6 Å². The maximum atomic E-state index is 11.4. The van der Waals surface area contributed by atoms with Gasteiger partial charge in [0, 0.05) is 12.5 Å². The van der Waals surface area contributed by atoms with Gasteiger partial charge in [-0.15, -0.1) is 0 Å². The number of aromatic nitrogens is 2. The third kappa shape index (κ3) is 5.20. The molecule has 0 aliphatic carbocycles. The van der Waals surface area contributed by atoms with E-state index in [1.165, 1.54) is 0 Å². The van der Waals surface area contributed by atoms with Gasteiger partial charge in [-0.3, -0.25) is 4.57 Å². The van der Waals surface area contributed by atoms with E-state index < -0.39 is 0 Å². The van der Waals surface area contributed by atoms with Gasteiger partial charge in [-0.05, 0) is 41.0 Å². The summed E-state index contributed by atoms with van der Waals surface area (Å²) in [5.74, 6) is 0.864. The second-order valence-electron chi connectivity index (χ2n) is 8.39. The molecule has 0 saturated carbocycles. The molecule has 5 aromatic rings. The summed E-state index contributed by atoms with van der Waals surface area (Å²) in [7, 11) is 0. The zero-order valence-corrected chi connectivity index (χ0v) is 20.1. The van der Waals surface area contributed by atoms with Crippen molar-refractivity contribution < 1.29 is 9.84 Å². The number of nitrogens with zero attached hydrogens (tertiary/aromatic N) is 2. The van der Waals surface area contributed by atoms with Crippen molar-refractivity contribution in [2.24, 2.45) is 0 Å². The lowest BCUT2D eigenvalue weighted by Crippen LogP contribution is -2.06. The van der Waals surface area contributed by atoms with Crippen molar-refractivity contribution in [2.45, 2.75) is 19.6 Å². The van der Waals surface area contributed by atoms with Crippen LogP contribution in [0.15, 0.2) is 115 Å². The Bertz CT molecular complexity index is 1460. The molecule has 0 atom stereocenters. The highest BCUT2D eigenvalue weighted by Crippen LogP contribution is 2.30. The first-order valence-corrected chi connectivity index (χ1v) is 12.0. The standard InChI is InChI=1S/C30H26N2O2S/c33-29-28(19-23-11-4-1-5-12-23)31(21-24-13-6-2-7-14-24)30(35)32(29)26-17-10-18-27(20-26)34-22-25-15-8-3-9-16-25/h1-18,20,33H,19,21-22H2. The first kappa shape index (κ1) is 22.7. The van der Waals surface area contributed by atoms with E-state index in [-0.39, 0.29) is 5.88 Å². The highest BCUT2D eigenvalue weighted by atomic mass is 32.1. The Labute approximate surface area is 210 Å². The molecule has 1 heterocycles. The lowest BCUT2D eigenvalue weighted by molar-refractivity contribution is 0.306. The van der Waals surface area contributed by atoms with E-state index in [1.54, 1.807) is 4.57 Å². The fourth-order valence-corrected chi connectivity index (χ4v) is 4.52. The van der Waals surface area contributed by atoms with Crippen LogP contribution in [-0.2, 0) is 19.6 Å². The summed E-state index contributed by atoms with van der Waals surface area (Å²) >= 11 is 5.91. The molecule has 174 valence electrons. The van der Waals surface area contributed by atoms with E-state index in [2.05, 4.69) is 24.3 Å². The predicted molar refractivity (Wildman–Crippen MR) is 142 cm³/mol. The van der Waals surface area contributed by atoms with Crippen LogP contribution in [0, 0.1) is 4.77 Å². The average Bonchev–Trinajstić information content (AvgIpc) is 3.13. The number of benzene rings is 4. The molecule has 0 saturated heterocycles. The quantitative estimate of drug-likeness (QED) is 0.246. The summed E-state index contributed by atoms with van der Waals surface area (Å²) in [6.45, 7) is 1.04. The van der Waals surface area contributed by atoms with Crippen molar-refractivity contribution in [3.05, 3.63) is 142 Å². The van der Waals surface area contributed by atoms with Gasteiger partial charge in [-0.25, -0.2) is 0 Å². The monoisotopic (exact) mass is 478 g/mol. The normalized spacial score (nSPS) is 10.9. The minimum atomic E-state index is 0.148. The fourth-order valence-electron chi connectivity index (χ4n) is 4.16. The zero-order valence-electron chi connectivity index (χ0n) is 19.2. The van der Waals surface area contributed by atoms with Crippen LogP contribution < -0.4 is 4.74 Å². The molecule has 5 heteroatoms. The van der Waals surface area contributed by atoms with Gasteiger partial charge >= 0.3 is 0 Å². The van der Waals surface area contributed by atoms with Crippen LogP contribution >= 0.6 is 12.2 Å². The summed E-state index contributed by atoms with van der Waals surface area (Å²) in [5, 5.41) is 11.4. The molecule has 1 aromatic heterocycles. The third-order valence-electron chi connectivity index (χ3n) is 5.94. The largest absolute Gasteiger partial charge is 0.493 e. The molecule has 0 fully saturated rings. The molecule has 5 rings (SSSR count). The molecule has 0 bridgehead atoms. The van der Waals surface area contributed by atoms with Gasteiger partial charge in [0.15, 0.2) is 4.77 Å². The van der Waals surface area contributed by atoms with Crippen LogP contribution in [0.2, 0.25) is 0 Å². The molecule has 35 heavy (non-hydrogen) atoms. The summed E-state index contributed by atoms with van der Waals surface area (Å²) < 4.78 is 10.3. The van der Waals surface area contributed by atoms with Crippen molar-refractivity contribution in [1.82, 2.24) is 9.13 Å². The van der Waals surface area contributed by atoms with Crippen LogP contribution in [0.5, 0.6) is 11.6 Å². The topological polar surface area (TPSA) is 39.3 Å². The SMILES string of the molecule is Oc1c(Cc2ccccc2)n(Cc2ccccc2)c(=S)n1-c1cccc(OCc2ccccc2)c1. The molecule has 0 spiro atoms. The summed E-state index contributed by atoms with van der Waals surface area (Å²) in [4.78, 5) is 0. The molecule has 4 aromatic carbocycles. The van der Waals surface area contributed by atoms with Crippen LogP contribution in [0.3, 0.4) is 0 Å². The molecular formula is C30H26N2O2S. The summed E-state index contributed by atoms with van der Waals surface area (Å²) in [6.07, 6.45) is 0.570. The number of ether oxygens (including phenoxy) is 1. The van der Waals surface area contributed by atoms with Gasteiger partial charge in [-0.1, -0.05) is 97.1 Å². The molecule has 4 nitrogen and oxygen atoms in total. The Hall–Kier alpha value is -4.09. The smallest absolute Gasteiger partial charge is 0.218 e. The Kier molecular flexibility index (Phi) is 6.77.